The number of nitrogens with one attached hydrogen (secondary N) is 1. The highest BCUT2D eigenvalue weighted by molar-refractivity contribution is 5.76. The minimum Gasteiger partial charge on any atom is -0.394 e. The first-order chi connectivity index (χ1) is 25.1. The summed E-state index contributed by atoms with van der Waals surface area (Å²) in [5.74, 6) is -0.215. The van der Waals surface area contributed by atoms with E-state index < -0.39 is 86.8 Å². The molecule has 0 aromatic rings. The van der Waals surface area contributed by atoms with Crippen LogP contribution in [-0.4, -0.2) is 140 Å². The number of hydrogen-bond acceptors (Lipinski definition) is 13. The molecule has 4 unspecified atom stereocenters. The molecule has 2 heterocycles. The lowest BCUT2D eigenvalue weighted by Crippen LogP contribution is -2.65. The van der Waals surface area contributed by atoms with Crippen molar-refractivity contribution in [2.24, 2.45) is 0 Å². The molecule has 2 aliphatic rings. The van der Waals surface area contributed by atoms with E-state index in [4.69, 9.17) is 18.9 Å². The zero-order chi connectivity index (χ0) is 38.3. The van der Waals surface area contributed by atoms with Gasteiger partial charge >= 0.3 is 0 Å². The fraction of sp³-hybridized carbons (Fsp3) is 0.974. The third-order valence-corrected chi connectivity index (χ3v) is 10.3. The molecule has 0 aromatic carbocycles. The highest BCUT2D eigenvalue weighted by Gasteiger charge is 2.50. The zero-order valence-corrected chi connectivity index (χ0v) is 31.8. The third kappa shape index (κ3) is 16.8. The summed E-state index contributed by atoms with van der Waals surface area (Å²) >= 11 is 0. The van der Waals surface area contributed by atoms with Crippen LogP contribution in [0, 0.1) is 0 Å². The normalized spacial score (nSPS) is 30.7. The van der Waals surface area contributed by atoms with Crippen molar-refractivity contribution < 1.29 is 64.6 Å². The Labute approximate surface area is 311 Å². The number of unbranched alkanes of at least 4 members (excludes halogenated alkanes) is 16. The van der Waals surface area contributed by atoms with Gasteiger partial charge in [-0.1, -0.05) is 123 Å². The van der Waals surface area contributed by atoms with Gasteiger partial charge in [0.05, 0.1) is 32.0 Å². The van der Waals surface area contributed by atoms with E-state index in [2.05, 4.69) is 19.2 Å². The molecule has 2 fully saturated rings. The summed E-state index contributed by atoms with van der Waals surface area (Å²) < 4.78 is 22.6. The second kappa shape index (κ2) is 27.6. The monoisotopic (exact) mass is 752 g/mol. The molecular weight excluding hydrogens is 678 g/mol. The van der Waals surface area contributed by atoms with E-state index in [1.165, 1.54) is 64.2 Å². The first kappa shape index (κ1) is 47.1. The highest BCUT2D eigenvalue weighted by atomic mass is 16.7. The Morgan fingerprint density at radius 3 is 1.63 bits per heavy atom. The first-order valence-electron chi connectivity index (χ1n) is 20.3. The number of rotatable bonds is 29. The maximum Gasteiger partial charge on any atom is 0.220 e. The lowest BCUT2D eigenvalue weighted by molar-refractivity contribution is -0.359. The van der Waals surface area contributed by atoms with Gasteiger partial charge in [-0.15, -0.1) is 0 Å². The van der Waals surface area contributed by atoms with E-state index in [-0.39, 0.29) is 12.5 Å². The van der Waals surface area contributed by atoms with Crippen LogP contribution < -0.4 is 5.32 Å². The summed E-state index contributed by atoms with van der Waals surface area (Å²) in [7, 11) is 0. The van der Waals surface area contributed by atoms with Crippen molar-refractivity contribution in [3.05, 3.63) is 0 Å². The minimum atomic E-state index is -1.78. The van der Waals surface area contributed by atoms with Crippen molar-refractivity contribution in [3.63, 3.8) is 0 Å². The topological polar surface area (TPSA) is 228 Å². The van der Waals surface area contributed by atoms with E-state index in [1.54, 1.807) is 0 Å². The second-order valence-electron chi connectivity index (χ2n) is 14.8. The molecule has 0 bridgehead atoms. The molecule has 2 aliphatic heterocycles. The molecule has 0 aromatic heterocycles. The van der Waals surface area contributed by atoms with Crippen molar-refractivity contribution in [2.45, 2.75) is 216 Å². The molecule has 14 nitrogen and oxygen atoms in total. The molecule has 2 rings (SSSR count). The van der Waals surface area contributed by atoms with Crippen LogP contribution in [0.5, 0.6) is 0 Å². The molecule has 0 saturated carbocycles. The Hall–Kier alpha value is -1.01. The molecule has 9 N–H and O–H groups in total. The van der Waals surface area contributed by atoms with E-state index in [1.807, 2.05) is 0 Å². The van der Waals surface area contributed by atoms with Gasteiger partial charge in [0.15, 0.2) is 12.6 Å². The van der Waals surface area contributed by atoms with Gasteiger partial charge in [0, 0.05) is 6.42 Å². The summed E-state index contributed by atoms with van der Waals surface area (Å²) in [5, 5.41) is 86.1. The number of amides is 1. The standard InChI is InChI=1S/C38H73NO13/c1-3-5-7-9-11-13-14-15-17-19-21-27(42)26(39-30(43)22-20-18-16-12-10-8-6-4-2)25-49-37-35(48)33(46)36(29(24-41)51-37)52-38-34(47)32(45)31(44)28(23-40)50-38/h26-29,31-38,40-42,44-48H,3-25H2,1-2H3,(H,39,43)/t26-,27+,28+,29+,31-,32?,33?,34?,35?,36+,37+,38-/m0/s1. The third-order valence-electron chi connectivity index (χ3n) is 10.3. The Bertz CT molecular complexity index is 899. The van der Waals surface area contributed by atoms with Crippen LogP contribution in [0.4, 0.5) is 0 Å². The number of ether oxygens (including phenoxy) is 4. The molecule has 308 valence electrons. The molecule has 0 spiro atoms. The van der Waals surface area contributed by atoms with Gasteiger partial charge in [0.1, 0.15) is 48.8 Å². The first-order valence-corrected chi connectivity index (χ1v) is 20.3. The number of carbonyl (C=O) groups excluding carboxylic acids is 1. The van der Waals surface area contributed by atoms with E-state index in [0.29, 0.717) is 12.8 Å². The van der Waals surface area contributed by atoms with Crippen molar-refractivity contribution in [3.8, 4) is 0 Å². The summed E-state index contributed by atoms with van der Waals surface area (Å²) in [6, 6.07) is -0.816. The van der Waals surface area contributed by atoms with Gasteiger partial charge in [-0.3, -0.25) is 4.79 Å². The number of aliphatic hydroxyl groups is 8. The summed E-state index contributed by atoms with van der Waals surface area (Å²) in [4.78, 5) is 13.0. The van der Waals surface area contributed by atoms with Crippen molar-refractivity contribution in [1.82, 2.24) is 5.32 Å². The zero-order valence-electron chi connectivity index (χ0n) is 31.8. The summed E-state index contributed by atoms with van der Waals surface area (Å²) in [6.07, 6.45) is 4.32. The molecule has 1 amide bonds. The highest BCUT2D eigenvalue weighted by Crippen LogP contribution is 2.30. The van der Waals surface area contributed by atoms with Crippen LogP contribution in [0.2, 0.25) is 0 Å². The molecule has 14 heteroatoms. The van der Waals surface area contributed by atoms with Crippen LogP contribution in [0.1, 0.15) is 142 Å². The second-order valence-corrected chi connectivity index (χ2v) is 14.8. The van der Waals surface area contributed by atoms with Gasteiger partial charge in [0.2, 0.25) is 5.91 Å². The largest absolute Gasteiger partial charge is 0.394 e. The molecule has 0 radical (unpaired) electrons. The van der Waals surface area contributed by atoms with E-state index >= 15 is 0 Å². The number of hydrogen-bond donors (Lipinski definition) is 9. The molecule has 52 heavy (non-hydrogen) atoms. The van der Waals surface area contributed by atoms with Crippen molar-refractivity contribution in [1.29, 1.82) is 0 Å². The Morgan fingerprint density at radius 1 is 0.615 bits per heavy atom. The Kier molecular flexibility index (Phi) is 25.0. The van der Waals surface area contributed by atoms with Gasteiger partial charge in [-0.05, 0) is 12.8 Å². The van der Waals surface area contributed by atoms with Crippen LogP contribution in [0.25, 0.3) is 0 Å². The molecular formula is C38H73NO13. The maximum absolute atomic E-state index is 13.0. The fourth-order valence-corrected chi connectivity index (χ4v) is 6.88. The Morgan fingerprint density at radius 2 is 1.10 bits per heavy atom. The van der Waals surface area contributed by atoms with Gasteiger partial charge in [0.25, 0.3) is 0 Å². The average molecular weight is 752 g/mol. The van der Waals surface area contributed by atoms with Crippen LogP contribution in [0.15, 0.2) is 0 Å². The molecule has 12 atom stereocenters. The van der Waals surface area contributed by atoms with E-state index in [9.17, 15) is 45.6 Å². The quantitative estimate of drug-likeness (QED) is 0.0501. The summed E-state index contributed by atoms with van der Waals surface area (Å²) in [6.45, 7) is 2.75. The fourth-order valence-electron chi connectivity index (χ4n) is 6.88. The average Bonchev–Trinajstić information content (AvgIpc) is 3.14. The van der Waals surface area contributed by atoms with Crippen molar-refractivity contribution >= 4 is 5.91 Å². The predicted octanol–water partition coefficient (Wildman–Crippen LogP) is 2.31. The lowest BCUT2D eigenvalue weighted by atomic mass is 9.97. The van der Waals surface area contributed by atoms with Crippen LogP contribution >= 0.6 is 0 Å². The Balaban J connectivity index is 1.94. The maximum atomic E-state index is 13.0. The predicted molar refractivity (Wildman–Crippen MR) is 194 cm³/mol. The van der Waals surface area contributed by atoms with Gasteiger partial charge in [-0.25, -0.2) is 0 Å². The lowest BCUT2D eigenvalue weighted by Gasteiger charge is -2.46. The molecule has 2 saturated heterocycles. The van der Waals surface area contributed by atoms with Crippen molar-refractivity contribution in [2.75, 3.05) is 19.8 Å². The smallest absolute Gasteiger partial charge is 0.220 e. The van der Waals surface area contributed by atoms with E-state index in [0.717, 1.165) is 51.4 Å². The molecule has 0 aliphatic carbocycles. The number of aliphatic hydroxyl groups excluding tert-OH is 8. The van der Waals surface area contributed by atoms with Gasteiger partial charge in [-0.2, -0.15) is 0 Å². The van der Waals surface area contributed by atoms with Gasteiger partial charge < -0.3 is 65.1 Å². The minimum absolute atomic E-state index is 0.215. The SMILES string of the molecule is CCCCCCCCCCCC[C@@H](O)[C@H](CO[C@@H]1O[C@H](CO)[C@@H](O[C@@H]2O[C@H](CO)[C@H](O)C(O)C2O)C(O)C1O)NC(=O)CCCCCCCCCC. The summed E-state index contributed by atoms with van der Waals surface area (Å²) in [5.41, 5.74) is 0. The van der Waals surface area contributed by atoms with Crippen LogP contribution in [-0.2, 0) is 23.7 Å². The number of carbonyl (C=O) groups is 1. The van der Waals surface area contributed by atoms with Crippen LogP contribution in [0.3, 0.4) is 0 Å².